The fraction of sp³-hybridized carbons (Fsp3) is 0.133. The number of nitrogens with zero attached hydrogens (tertiary/aromatic N) is 2. The number of aromatic nitrogens is 2. The van der Waals surface area contributed by atoms with Gasteiger partial charge in [-0.3, -0.25) is 9.40 Å². The van der Waals surface area contributed by atoms with Crippen LogP contribution < -0.4 is 9.46 Å². The van der Waals surface area contributed by atoms with Gasteiger partial charge in [0, 0.05) is 13.2 Å². The lowest BCUT2D eigenvalue weighted by Crippen LogP contribution is -2.13. The van der Waals surface area contributed by atoms with Crippen molar-refractivity contribution in [3.8, 4) is 16.3 Å². The zero-order valence-electron chi connectivity index (χ0n) is 12.6. The van der Waals surface area contributed by atoms with Gasteiger partial charge in [0.2, 0.25) is 0 Å². The Labute approximate surface area is 138 Å². The summed E-state index contributed by atoms with van der Waals surface area (Å²) in [5.41, 5.74) is 0.820. The summed E-state index contributed by atoms with van der Waals surface area (Å²) in [6, 6.07) is 10.6. The third-order valence-electron chi connectivity index (χ3n) is 3.19. The van der Waals surface area contributed by atoms with E-state index in [9.17, 15) is 8.42 Å². The number of aryl methyl sites for hydroxylation is 1. The molecule has 0 aliphatic rings. The van der Waals surface area contributed by atoms with Crippen LogP contribution in [0.3, 0.4) is 0 Å². The fourth-order valence-corrected chi connectivity index (χ4v) is 4.23. The summed E-state index contributed by atoms with van der Waals surface area (Å²) in [6.07, 6.45) is 1.49. The third-order valence-corrected chi connectivity index (χ3v) is 5.43. The highest BCUT2D eigenvalue weighted by atomic mass is 32.2. The van der Waals surface area contributed by atoms with Gasteiger partial charge in [-0.1, -0.05) is 18.2 Å². The van der Waals surface area contributed by atoms with E-state index in [0.29, 0.717) is 17.1 Å². The molecule has 3 aromatic rings. The van der Waals surface area contributed by atoms with Crippen molar-refractivity contribution in [1.29, 1.82) is 0 Å². The van der Waals surface area contributed by atoms with Gasteiger partial charge in [0.05, 0.1) is 17.7 Å². The molecule has 0 saturated heterocycles. The molecule has 1 N–H and O–H groups in total. The minimum Gasteiger partial charge on any atom is -0.495 e. The van der Waals surface area contributed by atoms with Gasteiger partial charge >= 0.3 is 0 Å². The van der Waals surface area contributed by atoms with Crippen molar-refractivity contribution in [3.63, 3.8) is 0 Å². The first kappa shape index (κ1) is 15.6. The summed E-state index contributed by atoms with van der Waals surface area (Å²) >= 11 is 1.44. The van der Waals surface area contributed by atoms with Crippen molar-refractivity contribution < 1.29 is 13.2 Å². The van der Waals surface area contributed by atoms with Crippen LogP contribution in [0.2, 0.25) is 0 Å². The van der Waals surface area contributed by atoms with E-state index in [4.69, 9.17) is 4.74 Å². The van der Waals surface area contributed by atoms with E-state index >= 15 is 0 Å². The monoisotopic (exact) mass is 349 g/mol. The Bertz CT molecular complexity index is 915. The maximum absolute atomic E-state index is 12.8. The van der Waals surface area contributed by atoms with Crippen LogP contribution in [-0.4, -0.2) is 25.3 Å². The topological polar surface area (TPSA) is 73.2 Å². The normalized spacial score (nSPS) is 11.4. The molecule has 0 amide bonds. The average molecular weight is 349 g/mol. The Balaban J connectivity index is 2.04. The quantitative estimate of drug-likeness (QED) is 0.768. The van der Waals surface area contributed by atoms with Gasteiger partial charge in [-0.2, -0.15) is 5.10 Å². The molecule has 0 radical (unpaired) electrons. The Kier molecular flexibility index (Phi) is 4.10. The van der Waals surface area contributed by atoms with Crippen LogP contribution in [0.5, 0.6) is 5.75 Å². The zero-order valence-corrected chi connectivity index (χ0v) is 14.2. The lowest BCUT2D eigenvalue weighted by molar-refractivity contribution is 0.417. The molecule has 120 valence electrons. The van der Waals surface area contributed by atoms with E-state index in [-0.39, 0.29) is 4.90 Å². The number of thiophene rings is 1. The van der Waals surface area contributed by atoms with E-state index in [0.717, 1.165) is 4.88 Å². The number of benzene rings is 1. The molecule has 0 fully saturated rings. The van der Waals surface area contributed by atoms with Crippen molar-refractivity contribution in [2.24, 2.45) is 7.05 Å². The second-order valence-corrected chi connectivity index (χ2v) is 7.40. The van der Waals surface area contributed by atoms with E-state index in [2.05, 4.69) is 9.82 Å². The van der Waals surface area contributed by atoms with Crippen LogP contribution >= 0.6 is 11.3 Å². The number of nitrogens with one attached hydrogen (secondary N) is 1. The van der Waals surface area contributed by atoms with E-state index in [1.54, 1.807) is 31.3 Å². The van der Waals surface area contributed by atoms with Crippen LogP contribution in [0.25, 0.3) is 10.6 Å². The molecule has 2 heterocycles. The molecule has 0 unspecified atom stereocenters. The van der Waals surface area contributed by atoms with Gasteiger partial charge in [0.25, 0.3) is 10.0 Å². The molecular formula is C15H15N3O3S2. The summed E-state index contributed by atoms with van der Waals surface area (Å²) in [7, 11) is -0.600. The fourth-order valence-electron chi connectivity index (χ4n) is 2.18. The Morgan fingerprint density at radius 2 is 2.00 bits per heavy atom. The third kappa shape index (κ3) is 3.08. The van der Waals surface area contributed by atoms with Gasteiger partial charge < -0.3 is 4.74 Å². The molecule has 23 heavy (non-hydrogen) atoms. The molecule has 0 aliphatic heterocycles. The van der Waals surface area contributed by atoms with Crippen molar-refractivity contribution in [2.45, 2.75) is 4.90 Å². The molecule has 8 heteroatoms. The highest BCUT2D eigenvalue weighted by molar-refractivity contribution is 7.92. The predicted molar refractivity (Wildman–Crippen MR) is 90.3 cm³/mol. The standard InChI is InChI=1S/C15H15N3O3S2/c1-18-10-14(15(16-18)13-8-5-9-22-13)23(19,20)17-11-6-3-4-7-12(11)21-2/h3-10,17H,1-2H3. The first-order chi connectivity index (χ1) is 11.0. The number of para-hydroxylation sites is 2. The van der Waals surface area contributed by atoms with Crippen LogP contribution in [0.4, 0.5) is 5.69 Å². The molecule has 0 bridgehead atoms. The number of hydrogen-bond donors (Lipinski definition) is 1. The first-order valence-electron chi connectivity index (χ1n) is 6.74. The summed E-state index contributed by atoms with van der Waals surface area (Å²) in [5, 5.41) is 6.16. The van der Waals surface area contributed by atoms with Gasteiger partial charge in [-0.15, -0.1) is 11.3 Å². The number of methoxy groups -OCH3 is 1. The lowest BCUT2D eigenvalue weighted by Gasteiger charge is -2.11. The molecule has 2 aromatic heterocycles. The second kappa shape index (κ2) is 6.05. The van der Waals surface area contributed by atoms with E-state index in [1.807, 2.05) is 17.5 Å². The SMILES string of the molecule is COc1ccccc1NS(=O)(=O)c1cn(C)nc1-c1cccs1. The van der Waals surface area contributed by atoms with Crippen molar-refractivity contribution in [2.75, 3.05) is 11.8 Å². The Morgan fingerprint density at radius 1 is 1.22 bits per heavy atom. The van der Waals surface area contributed by atoms with Gasteiger partial charge in [-0.25, -0.2) is 8.42 Å². The average Bonchev–Trinajstić information content (AvgIpc) is 3.16. The Morgan fingerprint density at radius 3 is 2.70 bits per heavy atom. The molecule has 3 rings (SSSR count). The van der Waals surface area contributed by atoms with Gasteiger partial charge in [0.15, 0.2) is 0 Å². The molecule has 0 aliphatic carbocycles. The van der Waals surface area contributed by atoms with Crippen molar-refractivity contribution in [1.82, 2.24) is 9.78 Å². The van der Waals surface area contributed by atoms with Crippen LogP contribution in [-0.2, 0) is 17.1 Å². The highest BCUT2D eigenvalue weighted by Crippen LogP contribution is 2.32. The largest absolute Gasteiger partial charge is 0.495 e. The smallest absolute Gasteiger partial charge is 0.265 e. The number of rotatable bonds is 5. The molecule has 6 nitrogen and oxygen atoms in total. The minimum atomic E-state index is -3.79. The summed E-state index contributed by atoms with van der Waals surface area (Å²) in [6.45, 7) is 0. The molecular weight excluding hydrogens is 334 g/mol. The van der Waals surface area contributed by atoms with Crippen LogP contribution in [0.15, 0.2) is 52.9 Å². The predicted octanol–water partition coefficient (Wildman–Crippen LogP) is 2.96. The van der Waals surface area contributed by atoms with E-state index in [1.165, 1.54) is 29.3 Å². The molecule has 1 aromatic carbocycles. The maximum atomic E-state index is 12.8. The van der Waals surface area contributed by atoms with Crippen LogP contribution in [0.1, 0.15) is 0 Å². The van der Waals surface area contributed by atoms with Crippen molar-refractivity contribution in [3.05, 3.63) is 48.0 Å². The molecule has 0 spiro atoms. The summed E-state index contributed by atoms with van der Waals surface area (Å²) in [5.74, 6) is 0.456. The van der Waals surface area contributed by atoms with E-state index < -0.39 is 10.0 Å². The number of sulfonamides is 1. The number of anilines is 1. The van der Waals surface area contributed by atoms with Crippen molar-refractivity contribution >= 4 is 27.0 Å². The van der Waals surface area contributed by atoms with Gasteiger partial charge in [0.1, 0.15) is 16.3 Å². The molecule has 0 saturated carbocycles. The van der Waals surface area contributed by atoms with Crippen LogP contribution in [0, 0.1) is 0 Å². The lowest BCUT2D eigenvalue weighted by atomic mass is 10.3. The minimum absolute atomic E-state index is 0.133. The zero-order chi connectivity index (χ0) is 16.4. The summed E-state index contributed by atoms with van der Waals surface area (Å²) < 4.78 is 34.8. The van der Waals surface area contributed by atoms with Gasteiger partial charge in [-0.05, 0) is 23.6 Å². The second-order valence-electron chi connectivity index (χ2n) is 4.80. The molecule has 0 atom stereocenters. The number of hydrogen-bond acceptors (Lipinski definition) is 5. The Hall–Kier alpha value is -2.32. The number of ether oxygens (including phenoxy) is 1. The highest BCUT2D eigenvalue weighted by Gasteiger charge is 2.24. The maximum Gasteiger partial charge on any atom is 0.265 e. The first-order valence-corrected chi connectivity index (χ1v) is 9.11. The summed E-state index contributed by atoms with van der Waals surface area (Å²) in [4.78, 5) is 0.930.